The van der Waals surface area contributed by atoms with Crippen molar-refractivity contribution in [2.24, 2.45) is 0 Å². The molecule has 0 radical (unpaired) electrons. The minimum absolute atomic E-state index is 0. The van der Waals surface area contributed by atoms with E-state index in [1.54, 1.807) is 0 Å². The Hall–Kier alpha value is 0.576. The quantitative estimate of drug-likeness (QED) is 0.285. The van der Waals surface area contributed by atoms with E-state index in [-0.39, 0.29) is 57.8 Å². The molecule has 0 saturated carbocycles. The van der Waals surface area contributed by atoms with Crippen LogP contribution in [0, 0.1) is 0 Å². The average Bonchev–Trinajstić information content (AvgIpc) is 2.18. The van der Waals surface area contributed by atoms with Gasteiger partial charge in [0, 0.05) is 0 Å². The van der Waals surface area contributed by atoms with E-state index in [0.717, 1.165) is 25.7 Å². The summed E-state index contributed by atoms with van der Waals surface area (Å²) in [5.74, 6) is -0.991. The van der Waals surface area contributed by atoms with Crippen LogP contribution in [0.4, 0.5) is 0 Å². The zero-order chi connectivity index (χ0) is 11.5. The Balaban J connectivity index is 0. The summed E-state index contributed by atoms with van der Waals surface area (Å²) in [4.78, 5) is 22.1. The normalized spacial score (nSPS) is 9.12. The number of unbranched alkanes of at least 4 members (excludes halogenated alkanes) is 2. The summed E-state index contributed by atoms with van der Waals surface area (Å²) in [7, 11) is 0. The van der Waals surface area contributed by atoms with E-state index in [1.807, 2.05) is 13.8 Å². The summed E-state index contributed by atoms with van der Waals surface area (Å²) in [6.45, 7) is 4.79. The second-order valence-electron chi connectivity index (χ2n) is 3.32. The third-order valence-electron chi connectivity index (χ3n) is 1.81. The van der Waals surface area contributed by atoms with E-state index in [4.69, 9.17) is 9.47 Å². The maximum absolute atomic E-state index is 11.0. The van der Waals surface area contributed by atoms with Crippen LogP contribution < -0.4 is 0 Å². The summed E-state index contributed by atoms with van der Waals surface area (Å²) in [6.07, 6.45) is 3.32. The van der Waals surface area contributed by atoms with Gasteiger partial charge in [-0.2, -0.15) is 0 Å². The van der Waals surface area contributed by atoms with Gasteiger partial charge in [0.05, 0.1) is 13.2 Å². The van der Waals surface area contributed by atoms with Crippen molar-refractivity contribution in [3.63, 3.8) is 0 Å². The van der Waals surface area contributed by atoms with E-state index >= 15 is 0 Å². The van der Waals surface area contributed by atoms with Crippen LogP contribution in [-0.4, -0.2) is 76.5 Å². The topological polar surface area (TPSA) is 52.6 Å². The molecule has 0 heterocycles. The SMILES string of the molecule is CCCCOC(=O)CC(=O)OCCCC.[KH]. The summed E-state index contributed by atoms with van der Waals surface area (Å²) >= 11 is 0. The number of rotatable bonds is 8. The third-order valence-corrected chi connectivity index (χ3v) is 1.81. The van der Waals surface area contributed by atoms with Crippen molar-refractivity contribution in [2.45, 2.75) is 46.0 Å². The van der Waals surface area contributed by atoms with Gasteiger partial charge in [0.15, 0.2) is 0 Å². The number of hydrogen-bond acceptors (Lipinski definition) is 4. The Kier molecular flexibility index (Phi) is 16.1. The van der Waals surface area contributed by atoms with Crippen molar-refractivity contribution in [1.82, 2.24) is 0 Å². The predicted molar refractivity (Wildman–Crippen MR) is 63.5 cm³/mol. The standard InChI is InChI=1S/C11H20O4.K.H/c1-3-5-7-14-10(12)9-11(13)15-8-6-4-2;;/h3-9H2,1-2H3;;. The molecule has 5 heteroatoms. The molecule has 0 spiro atoms. The molecule has 4 nitrogen and oxygen atoms in total. The van der Waals surface area contributed by atoms with E-state index in [2.05, 4.69) is 0 Å². The van der Waals surface area contributed by atoms with Gasteiger partial charge in [-0.1, -0.05) is 26.7 Å². The second kappa shape index (κ2) is 13.6. The number of carbonyl (C=O) groups excluding carboxylic acids is 2. The fourth-order valence-corrected chi connectivity index (χ4v) is 0.881. The Bertz CT molecular complexity index is 174. The minimum atomic E-state index is -0.495. The van der Waals surface area contributed by atoms with Crippen LogP contribution in [0.1, 0.15) is 46.0 Å². The molecular weight excluding hydrogens is 235 g/mol. The molecule has 0 atom stereocenters. The summed E-state index contributed by atoms with van der Waals surface area (Å²) in [5.41, 5.74) is 0. The molecule has 0 aliphatic heterocycles. The molecule has 0 aromatic rings. The molecule has 0 fully saturated rings. The third kappa shape index (κ3) is 12.6. The first kappa shape index (κ1) is 18.9. The molecule has 0 N–H and O–H groups in total. The molecule has 0 rings (SSSR count). The Morgan fingerprint density at radius 2 is 1.25 bits per heavy atom. The monoisotopic (exact) mass is 256 g/mol. The number of carbonyl (C=O) groups is 2. The van der Waals surface area contributed by atoms with Gasteiger partial charge < -0.3 is 9.47 Å². The van der Waals surface area contributed by atoms with Gasteiger partial charge in [0.25, 0.3) is 0 Å². The fourth-order valence-electron chi connectivity index (χ4n) is 0.881. The molecule has 90 valence electrons. The van der Waals surface area contributed by atoms with Gasteiger partial charge >= 0.3 is 63.3 Å². The number of hydrogen-bond donors (Lipinski definition) is 0. The summed E-state index contributed by atoms with van der Waals surface area (Å²) in [5, 5.41) is 0. The summed E-state index contributed by atoms with van der Waals surface area (Å²) in [6, 6.07) is 0. The first-order chi connectivity index (χ1) is 7.20. The van der Waals surface area contributed by atoms with Crippen LogP contribution in [0.3, 0.4) is 0 Å². The molecule has 0 unspecified atom stereocenters. The first-order valence-corrected chi connectivity index (χ1v) is 5.52. The number of ether oxygens (including phenoxy) is 2. The molecule has 0 saturated heterocycles. The summed E-state index contributed by atoms with van der Waals surface area (Å²) < 4.78 is 9.64. The van der Waals surface area contributed by atoms with E-state index < -0.39 is 11.9 Å². The second-order valence-corrected chi connectivity index (χ2v) is 3.32. The zero-order valence-corrected chi connectivity index (χ0v) is 9.58. The molecule has 0 aromatic carbocycles. The zero-order valence-electron chi connectivity index (χ0n) is 9.58. The van der Waals surface area contributed by atoms with Crippen molar-refractivity contribution >= 4 is 63.3 Å². The van der Waals surface area contributed by atoms with Crippen molar-refractivity contribution < 1.29 is 19.1 Å². The van der Waals surface area contributed by atoms with Gasteiger partial charge in [-0.05, 0) is 12.8 Å². The predicted octanol–water partition coefficient (Wildman–Crippen LogP) is 1.41. The molecule has 16 heavy (non-hydrogen) atoms. The van der Waals surface area contributed by atoms with Crippen molar-refractivity contribution in [2.75, 3.05) is 13.2 Å². The average molecular weight is 256 g/mol. The van der Waals surface area contributed by atoms with E-state index in [0.29, 0.717) is 13.2 Å². The van der Waals surface area contributed by atoms with Gasteiger partial charge in [-0.15, -0.1) is 0 Å². The Morgan fingerprint density at radius 1 is 0.875 bits per heavy atom. The fraction of sp³-hybridized carbons (Fsp3) is 0.818. The molecule has 0 amide bonds. The molecule has 0 aliphatic rings. The Morgan fingerprint density at radius 3 is 1.56 bits per heavy atom. The Labute approximate surface area is 140 Å². The molecule has 0 aromatic heterocycles. The molecule has 0 aliphatic carbocycles. The van der Waals surface area contributed by atoms with Gasteiger partial charge in [-0.25, -0.2) is 0 Å². The maximum atomic E-state index is 11.0. The van der Waals surface area contributed by atoms with Gasteiger partial charge in [-0.3, -0.25) is 9.59 Å². The van der Waals surface area contributed by atoms with Crippen LogP contribution in [0.15, 0.2) is 0 Å². The van der Waals surface area contributed by atoms with E-state index in [9.17, 15) is 9.59 Å². The van der Waals surface area contributed by atoms with Crippen molar-refractivity contribution in [3.05, 3.63) is 0 Å². The van der Waals surface area contributed by atoms with Gasteiger partial charge in [0.1, 0.15) is 6.42 Å². The van der Waals surface area contributed by atoms with Crippen molar-refractivity contribution in [3.8, 4) is 0 Å². The number of esters is 2. The molecule has 0 bridgehead atoms. The van der Waals surface area contributed by atoms with Crippen LogP contribution >= 0.6 is 0 Å². The van der Waals surface area contributed by atoms with Crippen molar-refractivity contribution in [1.29, 1.82) is 0 Å². The van der Waals surface area contributed by atoms with Crippen LogP contribution in [0.5, 0.6) is 0 Å². The van der Waals surface area contributed by atoms with Gasteiger partial charge in [0.2, 0.25) is 0 Å². The van der Waals surface area contributed by atoms with E-state index in [1.165, 1.54) is 0 Å². The van der Waals surface area contributed by atoms with Crippen LogP contribution in [0.25, 0.3) is 0 Å². The van der Waals surface area contributed by atoms with Crippen LogP contribution in [-0.2, 0) is 19.1 Å². The molecular formula is C11H21KO4. The first-order valence-electron chi connectivity index (χ1n) is 5.52. The van der Waals surface area contributed by atoms with Crippen LogP contribution in [0.2, 0.25) is 0 Å².